The largest absolute Gasteiger partial charge is 0.301 e. The van der Waals surface area contributed by atoms with Crippen molar-refractivity contribution in [2.24, 2.45) is 0 Å². The van der Waals surface area contributed by atoms with Crippen LogP contribution in [0.3, 0.4) is 0 Å². The van der Waals surface area contributed by atoms with Crippen LogP contribution >= 0.6 is 15.9 Å². The summed E-state index contributed by atoms with van der Waals surface area (Å²) in [5.41, 5.74) is 0. The van der Waals surface area contributed by atoms with Crippen LogP contribution < -0.4 is 5.32 Å². The van der Waals surface area contributed by atoms with Gasteiger partial charge in [-0.3, -0.25) is 0 Å². The van der Waals surface area contributed by atoms with Crippen molar-refractivity contribution >= 4 is 25.8 Å². The van der Waals surface area contributed by atoms with Gasteiger partial charge in [0.25, 0.3) is 0 Å². The number of hydrogen-bond acceptors (Lipinski definition) is 3. The van der Waals surface area contributed by atoms with Gasteiger partial charge in [0.15, 0.2) is 9.84 Å². The Morgan fingerprint density at radius 2 is 1.87 bits per heavy atom. The molecular formula is C10H12BrNO2S. The van der Waals surface area contributed by atoms with Gasteiger partial charge in [0.05, 0.1) is 4.90 Å². The van der Waals surface area contributed by atoms with E-state index >= 15 is 0 Å². The molecule has 1 aliphatic rings. The molecule has 0 bridgehead atoms. The summed E-state index contributed by atoms with van der Waals surface area (Å²) >= 11 is 3.27. The molecule has 1 N–H and O–H groups in total. The molecule has 0 heterocycles. The molecule has 0 spiro atoms. The van der Waals surface area contributed by atoms with E-state index in [0.717, 1.165) is 17.3 Å². The Kier molecular flexibility index (Phi) is 3.13. The zero-order valence-corrected chi connectivity index (χ0v) is 10.5. The fourth-order valence-electron chi connectivity index (χ4n) is 1.24. The zero-order chi connectivity index (χ0) is 10.9. The third-order valence-corrected chi connectivity index (χ3v) is 4.38. The molecule has 0 unspecified atom stereocenters. The molecule has 2 rings (SSSR count). The highest BCUT2D eigenvalue weighted by atomic mass is 79.9. The first kappa shape index (κ1) is 11.1. The monoisotopic (exact) mass is 289 g/mol. The summed E-state index contributed by atoms with van der Waals surface area (Å²) in [6.45, 7) is 0. The van der Waals surface area contributed by atoms with Gasteiger partial charge in [-0.05, 0) is 37.1 Å². The molecule has 5 heteroatoms. The molecule has 0 atom stereocenters. The SMILES string of the molecule is O=S(=O)(CNC1CC1)c1ccc(Br)cc1. The molecule has 82 valence electrons. The molecule has 0 aliphatic heterocycles. The molecule has 1 fully saturated rings. The molecule has 1 aromatic rings. The van der Waals surface area contributed by atoms with Gasteiger partial charge in [-0.1, -0.05) is 15.9 Å². The van der Waals surface area contributed by atoms with E-state index < -0.39 is 9.84 Å². The lowest BCUT2D eigenvalue weighted by atomic mass is 10.4. The van der Waals surface area contributed by atoms with E-state index in [1.54, 1.807) is 24.3 Å². The van der Waals surface area contributed by atoms with Crippen molar-refractivity contribution in [3.8, 4) is 0 Å². The Morgan fingerprint density at radius 1 is 1.27 bits per heavy atom. The third-order valence-electron chi connectivity index (χ3n) is 2.31. The van der Waals surface area contributed by atoms with Gasteiger partial charge in [0, 0.05) is 10.5 Å². The minimum absolute atomic E-state index is 0.0410. The van der Waals surface area contributed by atoms with Gasteiger partial charge in [0.2, 0.25) is 0 Å². The van der Waals surface area contributed by atoms with Crippen LogP contribution in [0.25, 0.3) is 0 Å². The molecule has 1 aromatic carbocycles. The summed E-state index contributed by atoms with van der Waals surface area (Å²) in [6.07, 6.45) is 2.19. The molecule has 1 aliphatic carbocycles. The van der Waals surface area contributed by atoms with Crippen molar-refractivity contribution in [1.82, 2.24) is 5.32 Å². The molecule has 15 heavy (non-hydrogen) atoms. The van der Waals surface area contributed by atoms with Crippen molar-refractivity contribution in [2.45, 2.75) is 23.8 Å². The van der Waals surface area contributed by atoms with E-state index in [1.807, 2.05) is 0 Å². The van der Waals surface area contributed by atoms with Gasteiger partial charge in [-0.25, -0.2) is 8.42 Å². The minimum atomic E-state index is -3.16. The Labute approximate surface area is 97.9 Å². The van der Waals surface area contributed by atoms with Crippen LogP contribution in [0.4, 0.5) is 0 Å². The minimum Gasteiger partial charge on any atom is -0.301 e. The van der Waals surface area contributed by atoms with E-state index in [1.165, 1.54) is 0 Å². The highest BCUT2D eigenvalue weighted by Gasteiger charge is 2.23. The number of nitrogens with one attached hydrogen (secondary N) is 1. The van der Waals surface area contributed by atoms with Gasteiger partial charge in [-0.2, -0.15) is 0 Å². The highest BCUT2D eigenvalue weighted by molar-refractivity contribution is 9.10. The molecule has 0 aromatic heterocycles. The average Bonchev–Trinajstić information content (AvgIpc) is 2.99. The van der Waals surface area contributed by atoms with Crippen molar-refractivity contribution in [3.05, 3.63) is 28.7 Å². The number of halogens is 1. The van der Waals surface area contributed by atoms with Crippen LogP contribution in [0, 0.1) is 0 Å². The van der Waals surface area contributed by atoms with E-state index in [4.69, 9.17) is 0 Å². The predicted octanol–water partition coefficient (Wildman–Crippen LogP) is 1.93. The third kappa shape index (κ3) is 3.03. The summed E-state index contributed by atoms with van der Waals surface area (Å²) in [7, 11) is -3.16. The number of hydrogen-bond donors (Lipinski definition) is 1. The predicted molar refractivity (Wildman–Crippen MR) is 62.4 cm³/mol. The molecule has 0 saturated heterocycles. The summed E-state index contributed by atoms with van der Waals surface area (Å²) in [6, 6.07) is 7.13. The van der Waals surface area contributed by atoms with Crippen LogP contribution in [-0.4, -0.2) is 20.3 Å². The van der Waals surface area contributed by atoms with E-state index in [-0.39, 0.29) is 5.88 Å². The summed E-state index contributed by atoms with van der Waals surface area (Å²) < 4.78 is 24.5. The zero-order valence-electron chi connectivity index (χ0n) is 8.11. The molecule has 3 nitrogen and oxygen atoms in total. The van der Waals surface area contributed by atoms with Crippen LogP contribution in [0.2, 0.25) is 0 Å². The maximum atomic E-state index is 11.8. The van der Waals surface area contributed by atoms with E-state index in [0.29, 0.717) is 10.9 Å². The normalized spacial score (nSPS) is 16.6. The second-order valence-electron chi connectivity index (χ2n) is 3.69. The van der Waals surface area contributed by atoms with E-state index in [2.05, 4.69) is 21.2 Å². The first-order chi connectivity index (χ1) is 7.08. The summed E-state index contributed by atoms with van der Waals surface area (Å²) in [5.74, 6) is 0.0410. The van der Waals surface area contributed by atoms with Crippen molar-refractivity contribution in [1.29, 1.82) is 0 Å². The molecule has 0 radical (unpaired) electrons. The smallest absolute Gasteiger partial charge is 0.191 e. The van der Waals surface area contributed by atoms with Gasteiger partial charge in [0.1, 0.15) is 5.88 Å². The lowest BCUT2D eigenvalue weighted by Gasteiger charge is -2.05. The highest BCUT2D eigenvalue weighted by Crippen LogP contribution is 2.20. The Bertz CT molecular complexity index is 437. The topological polar surface area (TPSA) is 46.2 Å². The fourth-order valence-corrected chi connectivity index (χ4v) is 2.68. The van der Waals surface area contributed by atoms with Crippen molar-refractivity contribution in [2.75, 3.05) is 5.88 Å². The Hall–Kier alpha value is -0.390. The van der Waals surface area contributed by atoms with Crippen LogP contribution in [0.15, 0.2) is 33.6 Å². The maximum absolute atomic E-state index is 11.8. The number of benzene rings is 1. The molecule has 0 amide bonds. The quantitative estimate of drug-likeness (QED) is 0.921. The van der Waals surface area contributed by atoms with E-state index in [9.17, 15) is 8.42 Å². The first-order valence-corrected chi connectivity index (χ1v) is 7.24. The van der Waals surface area contributed by atoms with Crippen molar-refractivity contribution < 1.29 is 8.42 Å². The number of sulfone groups is 1. The summed E-state index contributed by atoms with van der Waals surface area (Å²) in [5, 5.41) is 3.01. The Morgan fingerprint density at radius 3 is 2.40 bits per heavy atom. The lowest BCUT2D eigenvalue weighted by molar-refractivity contribution is 0.586. The Balaban J connectivity index is 2.09. The summed E-state index contributed by atoms with van der Waals surface area (Å²) in [4.78, 5) is 0.374. The van der Waals surface area contributed by atoms with Gasteiger partial charge < -0.3 is 5.32 Å². The van der Waals surface area contributed by atoms with Gasteiger partial charge in [-0.15, -0.1) is 0 Å². The number of rotatable bonds is 4. The second kappa shape index (κ2) is 4.23. The van der Waals surface area contributed by atoms with Crippen LogP contribution in [0.1, 0.15) is 12.8 Å². The maximum Gasteiger partial charge on any atom is 0.191 e. The molecule has 1 saturated carbocycles. The second-order valence-corrected chi connectivity index (χ2v) is 6.60. The van der Waals surface area contributed by atoms with Crippen molar-refractivity contribution in [3.63, 3.8) is 0 Å². The average molecular weight is 290 g/mol. The van der Waals surface area contributed by atoms with Crippen LogP contribution in [-0.2, 0) is 9.84 Å². The van der Waals surface area contributed by atoms with Gasteiger partial charge >= 0.3 is 0 Å². The molecular weight excluding hydrogens is 278 g/mol. The lowest BCUT2D eigenvalue weighted by Crippen LogP contribution is -2.25. The van der Waals surface area contributed by atoms with Crippen LogP contribution in [0.5, 0.6) is 0 Å². The fraction of sp³-hybridized carbons (Fsp3) is 0.400. The first-order valence-electron chi connectivity index (χ1n) is 4.80. The standard InChI is InChI=1S/C10H12BrNO2S/c11-8-1-5-10(6-2-8)15(13,14)7-12-9-3-4-9/h1-2,5-6,9,12H,3-4,7H2.